The molecule has 0 aliphatic heterocycles. The minimum atomic E-state index is -0.933. The Kier molecular flexibility index (Phi) is 9.55. The van der Waals surface area contributed by atoms with Crippen LogP contribution in [0.5, 0.6) is 0 Å². The van der Waals surface area contributed by atoms with Crippen LogP contribution in [0.25, 0.3) is 6.08 Å². The van der Waals surface area contributed by atoms with E-state index in [1.807, 2.05) is 66.7 Å². The summed E-state index contributed by atoms with van der Waals surface area (Å²) in [6, 6.07) is 19.2. The van der Waals surface area contributed by atoms with Gasteiger partial charge >= 0.3 is 11.9 Å². The second kappa shape index (κ2) is 12.0. The summed E-state index contributed by atoms with van der Waals surface area (Å²) in [4.78, 5) is 21.1. The fourth-order valence-electron chi connectivity index (χ4n) is 1.72. The van der Waals surface area contributed by atoms with Crippen LogP contribution in [0, 0.1) is 0 Å². The lowest BCUT2D eigenvalue weighted by molar-refractivity contribution is -0.140. The fraction of sp³-hybridized carbons (Fsp3) is 0.0909. The normalized spacial score (nSPS) is 10.2. The molecule has 0 atom stereocenters. The molecule has 2 aromatic carbocycles. The first-order valence-electron chi connectivity index (χ1n) is 7.98. The van der Waals surface area contributed by atoms with Crippen LogP contribution in [-0.4, -0.2) is 17.0 Å². The van der Waals surface area contributed by atoms with E-state index in [9.17, 15) is 9.59 Å². The zero-order valence-electron chi connectivity index (χ0n) is 14.7. The first kappa shape index (κ1) is 20.6. The average Bonchev–Trinajstić information content (AvgIpc) is 2.65. The smallest absolute Gasteiger partial charge is 0.333 e. The van der Waals surface area contributed by atoms with Gasteiger partial charge in [0.1, 0.15) is 6.61 Å². The molecule has 0 amide bonds. The highest BCUT2D eigenvalue weighted by molar-refractivity contribution is 5.86. The Balaban J connectivity index is 0.000000260. The van der Waals surface area contributed by atoms with Gasteiger partial charge in [-0.2, -0.15) is 0 Å². The Morgan fingerprint density at radius 2 is 1.58 bits per heavy atom. The zero-order chi connectivity index (χ0) is 19.2. The number of hydrogen-bond acceptors (Lipinski definition) is 3. The molecule has 0 saturated carbocycles. The third-order valence-electron chi connectivity index (χ3n) is 3.00. The lowest BCUT2D eigenvalue weighted by Crippen LogP contribution is -2.04. The van der Waals surface area contributed by atoms with Crippen LogP contribution in [0.15, 0.2) is 91.0 Å². The van der Waals surface area contributed by atoms with Crippen molar-refractivity contribution in [3.8, 4) is 0 Å². The van der Waals surface area contributed by atoms with Gasteiger partial charge in [-0.3, -0.25) is 0 Å². The number of aliphatic carboxylic acids is 1. The van der Waals surface area contributed by atoms with Crippen LogP contribution in [0.1, 0.15) is 18.1 Å². The molecule has 0 spiro atoms. The molecule has 1 N–H and O–H groups in total. The second-order valence-corrected chi connectivity index (χ2v) is 5.31. The van der Waals surface area contributed by atoms with E-state index in [1.165, 1.54) is 6.08 Å². The van der Waals surface area contributed by atoms with Crippen molar-refractivity contribution in [2.75, 3.05) is 0 Å². The number of carbonyl (C=O) groups is 2. The summed E-state index contributed by atoms with van der Waals surface area (Å²) in [5, 5.41) is 8.29. The van der Waals surface area contributed by atoms with Crippen molar-refractivity contribution < 1.29 is 19.4 Å². The summed E-state index contributed by atoms with van der Waals surface area (Å²) >= 11 is 0. The van der Waals surface area contributed by atoms with Gasteiger partial charge in [0.25, 0.3) is 0 Å². The molecule has 26 heavy (non-hydrogen) atoms. The summed E-state index contributed by atoms with van der Waals surface area (Å²) < 4.78 is 4.95. The van der Waals surface area contributed by atoms with Gasteiger partial charge in [-0.1, -0.05) is 85.5 Å². The third kappa shape index (κ3) is 9.67. The van der Waals surface area contributed by atoms with Crippen molar-refractivity contribution in [1.29, 1.82) is 0 Å². The Hall–Kier alpha value is -3.40. The Morgan fingerprint density at radius 3 is 2.12 bits per heavy atom. The molecule has 0 fully saturated rings. The van der Waals surface area contributed by atoms with Gasteiger partial charge in [0.05, 0.1) is 0 Å². The van der Waals surface area contributed by atoms with E-state index in [2.05, 4.69) is 6.58 Å². The van der Waals surface area contributed by atoms with Crippen LogP contribution in [0.3, 0.4) is 0 Å². The van der Waals surface area contributed by atoms with Crippen LogP contribution in [0.2, 0.25) is 0 Å². The quantitative estimate of drug-likeness (QED) is 0.468. The minimum Gasteiger partial charge on any atom is -0.478 e. The summed E-state index contributed by atoms with van der Waals surface area (Å²) in [7, 11) is 0. The number of esters is 1. The summed E-state index contributed by atoms with van der Waals surface area (Å²) in [5.74, 6) is -1.28. The molecular formula is C22H22O4. The van der Waals surface area contributed by atoms with E-state index in [4.69, 9.17) is 9.84 Å². The topological polar surface area (TPSA) is 63.6 Å². The van der Waals surface area contributed by atoms with E-state index >= 15 is 0 Å². The molecule has 0 bridgehead atoms. The van der Waals surface area contributed by atoms with Crippen LogP contribution in [0.4, 0.5) is 0 Å². The zero-order valence-corrected chi connectivity index (χ0v) is 14.7. The van der Waals surface area contributed by atoms with E-state index in [1.54, 1.807) is 13.0 Å². The predicted octanol–water partition coefficient (Wildman–Crippen LogP) is 4.65. The monoisotopic (exact) mass is 350 g/mol. The molecule has 134 valence electrons. The summed E-state index contributed by atoms with van der Waals surface area (Å²) in [6.45, 7) is 5.44. The minimum absolute atomic E-state index is 0.312. The Labute approximate surface area is 153 Å². The maximum atomic E-state index is 11.0. The average molecular weight is 350 g/mol. The number of carboxylic acids is 1. The van der Waals surface area contributed by atoms with E-state index < -0.39 is 5.97 Å². The number of rotatable bonds is 6. The maximum absolute atomic E-state index is 11.0. The molecule has 0 unspecified atom stereocenters. The van der Waals surface area contributed by atoms with Crippen LogP contribution in [-0.2, 0) is 20.9 Å². The van der Waals surface area contributed by atoms with Crippen molar-refractivity contribution in [3.63, 3.8) is 0 Å². The van der Waals surface area contributed by atoms with Gasteiger partial charge in [0.15, 0.2) is 0 Å². The second-order valence-electron chi connectivity index (χ2n) is 5.31. The van der Waals surface area contributed by atoms with Crippen molar-refractivity contribution in [2.45, 2.75) is 13.5 Å². The Bertz CT molecular complexity index is 759. The highest BCUT2D eigenvalue weighted by Crippen LogP contribution is 2.02. The van der Waals surface area contributed by atoms with Gasteiger partial charge in [0.2, 0.25) is 0 Å². The van der Waals surface area contributed by atoms with Crippen LogP contribution < -0.4 is 0 Å². The number of benzene rings is 2. The highest BCUT2D eigenvalue weighted by atomic mass is 16.5. The SMILES string of the molecule is C=C(C)C(=O)OCc1ccccc1.O=C(O)C=CC=Cc1ccccc1. The lowest BCUT2D eigenvalue weighted by Gasteiger charge is -2.03. The van der Waals surface area contributed by atoms with Gasteiger partial charge in [-0.05, 0) is 18.1 Å². The molecule has 2 rings (SSSR count). The molecular weight excluding hydrogens is 328 g/mol. The molecule has 0 aliphatic rings. The lowest BCUT2D eigenvalue weighted by atomic mass is 10.2. The van der Waals surface area contributed by atoms with E-state index in [0.717, 1.165) is 17.2 Å². The third-order valence-corrected chi connectivity index (χ3v) is 3.00. The first-order valence-corrected chi connectivity index (χ1v) is 7.98. The van der Waals surface area contributed by atoms with Gasteiger partial charge < -0.3 is 9.84 Å². The largest absolute Gasteiger partial charge is 0.478 e. The standard InChI is InChI=1S/C11H12O2.C11H10O2/c1-9(2)11(12)13-8-10-6-4-3-5-7-10;12-11(13)9-5-4-8-10-6-2-1-3-7-10/h3-7H,1,8H2,2H3;1-9H,(H,12,13). The molecule has 0 saturated heterocycles. The fourth-order valence-corrected chi connectivity index (χ4v) is 1.72. The maximum Gasteiger partial charge on any atom is 0.333 e. The van der Waals surface area contributed by atoms with Gasteiger partial charge in [-0.15, -0.1) is 0 Å². The van der Waals surface area contributed by atoms with E-state index in [-0.39, 0.29) is 5.97 Å². The predicted molar refractivity (Wildman–Crippen MR) is 103 cm³/mol. The Morgan fingerprint density at radius 1 is 1.00 bits per heavy atom. The van der Waals surface area contributed by atoms with Crippen LogP contribution >= 0.6 is 0 Å². The number of allylic oxidation sites excluding steroid dienone is 2. The van der Waals surface area contributed by atoms with E-state index in [0.29, 0.717) is 12.2 Å². The molecule has 0 aromatic heterocycles. The molecule has 0 aliphatic carbocycles. The number of carboxylic acid groups (broad SMARTS) is 1. The molecule has 4 nitrogen and oxygen atoms in total. The molecule has 0 heterocycles. The van der Waals surface area contributed by atoms with Crippen molar-refractivity contribution in [3.05, 3.63) is 102 Å². The van der Waals surface area contributed by atoms with Crippen molar-refractivity contribution >= 4 is 18.0 Å². The highest BCUT2D eigenvalue weighted by Gasteiger charge is 2.02. The van der Waals surface area contributed by atoms with Gasteiger partial charge in [0, 0.05) is 11.6 Å². The van der Waals surface area contributed by atoms with Crippen molar-refractivity contribution in [2.24, 2.45) is 0 Å². The number of carbonyl (C=O) groups excluding carboxylic acids is 1. The first-order chi connectivity index (χ1) is 12.5. The molecule has 2 aromatic rings. The summed E-state index contributed by atoms with van der Waals surface area (Å²) in [6.07, 6.45) is 6.14. The molecule has 0 radical (unpaired) electrons. The number of ether oxygens (including phenoxy) is 1. The summed E-state index contributed by atoms with van der Waals surface area (Å²) in [5.41, 5.74) is 2.46. The van der Waals surface area contributed by atoms with Gasteiger partial charge in [-0.25, -0.2) is 9.59 Å². The van der Waals surface area contributed by atoms with Crippen molar-refractivity contribution in [1.82, 2.24) is 0 Å². The molecule has 4 heteroatoms. The number of hydrogen-bond donors (Lipinski definition) is 1.